The van der Waals surface area contributed by atoms with E-state index < -0.39 is 30.4 Å². The summed E-state index contributed by atoms with van der Waals surface area (Å²) in [5.74, 6) is -1.11. The van der Waals surface area contributed by atoms with Gasteiger partial charge in [-0.15, -0.1) is 12.4 Å². The summed E-state index contributed by atoms with van der Waals surface area (Å²) in [5, 5.41) is 10.8. The highest BCUT2D eigenvalue weighted by Gasteiger charge is 2.35. The van der Waals surface area contributed by atoms with Gasteiger partial charge in [0.15, 0.2) is 0 Å². The van der Waals surface area contributed by atoms with Crippen molar-refractivity contribution in [2.45, 2.75) is 74.3 Å². The number of esters is 2. The normalized spacial score (nSPS) is 13.8. The Hall–Kier alpha value is -3.14. The van der Waals surface area contributed by atoms with Gasteiger partial charge in [-0.25, -0.2) is 4.57 Å². The number of halogens is 1. The molecular formula is C31H48ClN2O9P. The number of hydrogen-bond acceptors (Lipinski definition) is 10. The Balaban J connectivity index is 0.00000121. The summed E-state index contributed by atoms with van der Waals surface area (Å²) in [5.41, 5.74) is 5.11. The fourth-order valence-corrected chi connectivity index (χ4v) is 4.84. The van der Waals surface area contributed by atoms with E-state index in [-0.39, 0.29) is 53.4 Å². The molecule has 2 aromatic carbocycles. The molecular weight excluding hydrogens is 611 g/mol. The molecule has 0 aliphatic heterocycles. The van der Waals surface area contributed by atoms with Gasteiger partial charge in [0.2, 0.25) is 0 Å². The fraction of sp³-hybridized carbons (Fsp3) is 0.548. The Morgan fingerprint density at radius 3 is 1.68 bits per heavy atom. The standard InChI is InChI=1S/C22H28NO7P.C9H19NO2.ClH/c1-5-22(3,4)16-28-21(24)17(2)15-31(27,29-19-9-7-6-8-10-19)30-20-13-11-18(12-14-20)23(25)26;1-5-9(3,4)6-12-8(11)7(2)10;/h6-14,17H,5,15-16H2,1-4H3;7H,5-6,10H2,1-4H3;1H/t17-,31?;7-;/m10./s1. The van der Waals surface area contributed by atoms with Crippen LogP contribution < -0.4 is 14.8 Å². The number of para-hydroxylation sites is 1. The minimum atomic E-state index is -3.85. The molecule has 0 heterocycles. The van der Waals surface area contributed by atoms with Crippen molar-refractivity contribution in [1.29, 1.82) is 0 Å². The largest absolute Gasteiger partial charge is 0.465 e. The first-order valence-electron chi connectivity index (χ1n) is 14.3. The molecule has 2 rings (SSSR count). The van der Waals surface area contributed by atoms with Crippen LogP contribution in [0.2, 0.25) is 0 Å². The highest BCUT2D eigenvalue weighted by atomic mass is 35.5. The van der Waals surface area contributed by atoms with Gasteiger partial charge in [-0.2, -0.15) is 0 Å². The molecule has 13 heteroatoms. The Morgan fingerprint density at radius 2 is 1.27 bits per heavy atom. The maximum Gasteiger partial charge on any atom is 0.431 e. The second-order valence-corrected chi connectivity index (χ2v) is 13.9. The van der Waals surface area contributed by atoms with Crippen molar-refractivity contribution in [3.8, 4) is 11.5 Å². The molecule has 2 aromatic rings. The van der Waals surface area contributed by atoms with Gasteiger partial charge in [-0.05, 0) is 54.9 Å². The number of nitrogens with zero attached hydrogens (tertiary/aromatic N) is 1. The van der Waals surface area contributed by atoms with E-state index in [1.54, 1.807) is 44.2 Å². The highest BCUT2D eigenvalue weighted by Crippen LogP contribution is 2.50. The number of nitro groups is 1. The summed E-state index contributed by atoms with van der Waals surface area (Å²) in [6.07, 6.45) is 1.61. The van der Waals surface area contributed by atoms with Crippen molar-refractivity contribution in [2.24, 2.45) is 22.5 Å². The first-order chi connectivity index (χ1) is 19.9. The Kier molecular flexibility index (Phi) is 17.3. The van der Waals surface area contributed by atoms with Crippen LogP contribution in [0, 0.1) is 26.9 Å². The molecule has 0 amide bonds. The first kappa shape index (κ1) is 40.9. The van der Waals surface area contributed by atoms with Gasteiger partial charge in [0.05, 0.1) is 30.2 Å². The quantitative estimate of drug-likeness (QED) is 0.0874. The van der Waals surface area contributed by atoms with E-state index in [9.17, 15) is 24.3 Å². The SMILES string of the molecule is CCC(C)(C)COC(=O)[C@H](C)CP(=O)(Oc1ccccc1)Oc1ccc([N+](=O)[O-])cc1.CCC(C)(C)COC(=O)[C@H](C)N.Cl. The molecule has 0 saturated heterocycles. The number of non-ortho nitro benzene ring substituents is 1. The Labute approximate surface area is 267 Å². The van der Waals surface area contributed by atoms with Crippen LogP contribution in [-0.4, -0.2) is 42.3 Å². The van der Waals surface area contributed by atoms with E-state index >= 15 is 0 Å². The van der Waals surface area contributed by atoms with Crippen molar-refractivity contribution in [2.75, 3.05) is 19.4 Å². The molecule has 0 spiro atoms. The maximum absolute atomic E-state index is 13.6. The zero-order valence-electron chi connectivity index (χ0n) is 26.9. The van der Waals surface area contributed by atoms with Gasteiger partial charge in [-0.1, -0.05) is 66.7 Å². The van der Waals surface area contributed by atoms with E-state index in [4.69, 9.17) is 24.3 Å². The third-order valence-corrected chi connectivity index (χ3v) is 8.65. The minimum absolute atomic E-state index is 0. The van der Waals surface area contributed by atoms with Gasteiger partial charge >= 0.3 is 19.5 Å². The van der Waals surface area contributed by atoms with Crippen molar-refractivity contribution >= 4 is 37.6 Å². The lowest BCUT2D eigenvalue weighted by atomic mass is 9.92. The molecule has 248 valence electrons. The van der Waals surface area contributed by atoms with Crippen molar-refractivity contribution in [3.05, 3.63) is 64.7 Å². The molecule has 0 saturated carbocycles. The zero-order chi connectivity index (χ0) is 32.8. The zero-order valence-corrected chi connectivity index (χ0v) is 28.7. The Morgan fingerprint density at radius 1 is 0.841 bits per heavy atom. The summed E-state index contributed by atoms with van der Waals surface area (Å²) < 4.78 is 35.2. The third-order valence-electron chi connectivity index (χ3n) is 6.68. The van der Waals surface area contributed by atoms with Gasteiger partial charge in [0, 0.05) is 12.1 Å². The monoisotopic (exact) mass is 658 g/mol. The number of nitro benzene ring substituents is 1. The minimum Gasteiger partial charge on any atom is -0.465 e. The average Bonchev–Trinajstić information content (AvgIpc) is 2.95. The average molecular weight is 659 g/mol. The van der Waals surface area contributed by atoms with Crippen LogP contribution in [0.1, 0.15) is 68.2 Å². The molecule has 0 radical (unpaired) electrons. The highest BCUT2D eigenvalue weighted by molar-refractivity contribution is 7.54. The smallest absolute Gasteiger partial charge is 0.431 e. The number of benzene rings is 2. The summed E-state index contributed by atoms with van der Waals surface area (Å²) in [6.45, 7) is 16.1. The van der Waals surface area contributed by atoms with Crippen LogP contribution in [0.25, 0.3) is 0 Å². The first-order valence-corrected chi connectivity index (χ1v) is 16.0. The van der Waals surface area contributed by atoms with Crippen molar-refractivity contribution in [1.82, 2.24) is 0 Å². The lowest BCUT2D eigenvalue weighted by molar-refractivity contribution is -0.384. The van der Waals surface area contributed by atoms with Crippen LogP contribution in [0.3, 0.4) is 0 Å². The third kappa shape index (κ3) is 15.5. The molecule has 0 aliphatic rings. The second kappa shape index (κ2) is 18.6. The lowest BCUT2D eigenvalue weighted by Crippen LogP contribution is -2.31. The van der Waals surface area contributed by atoms with Gasteiger partial charge in [0.25, 0.3) is 5.69 Å². The van der Waals surface area contributed by atoms with Crippen LogP contribution in [0.4, 0.5) is 5.69 Å². The molecule has 0 aliphatic carbocycles. The van der Waals surface area contributed by atoms with Crippen LogP contribution in [-0.2, 0) is 23.6 Å². The molecule has 3 atom stereocenters. The predicted molar refractivity (Wildman–Crippen MR) is 173 cm³/mol. The molecule has 11 nitrogen and oxygen atoms in total. The molecule has 0 bridgehead atoms. The van der Waals surface area contributed by atoms with Crippen LogP contribution >= 0.6 is 20.0 Å². The molecule has 2 N–H and O–H groups in total. The van der Waals surface area contributed by atoms with E-state index in [1.807, 2.05) is 20.8 Å². The number of carbonyl (C=O) groups is 2. The fourth-order valence-electron chi connectivity index (χ4n) is 2.95. The van der Waals surface area contributed by atoms with Crippen molar-refractivity contribution in [3.63, 3.8) is 0 Å². The predicted octanol–water partition coefficient (Wildman–Crippen LogP) is 7.60. The summed E-state index contributed by atoms with van der Waals surface area (Å²) in [6, 6.07) is 13.1. The van der Waals surface area contributed by atoms with Gasteiger partial charge in [-0.3, -0.25) is 19.7 Å². The summed E-state index contributed by atoms with van der Waals surface area (Å²) in [7, 11) is -3.85. The molecule has 1 unspecified atom stereocenters. The second-order valence-electron chi connectivity index (χ2n) is 12.0. The van der Waals surface area contributed by atoms with E-state index in [2.05, 4.69) is 20.8 Å². The topological polar surface area (TPSA) is 157 Å². The molecule has 0 aromatic heterocycles. The van der Waals surface area contributed by atoms with Gasteiger partial charge in [0.1, 0.15) is 17.5 Å². The van der Waals surface area contributed by atoms with Crippen LogP contribution in [0.15, 0.2) is 54.6 Å². The van der Waals surface area contributed by atoms with E-state index in [0.29, 0.717) is 12.4 Å². The lowest BCUT2D eigenvalue weighted by Gasteiger charge is -2.25. The molecule has 44 heavy (non-hydrogen) atoms. The number of rotatable bonds is 15. The van der Waals surface area contributed by atoms with Gasteiger partial charge < -0.3 is 24.3 Å². The summed E-state index contributed by atoms with van der Waals surface area (Å²) in [4.78, 5) is 33.7. The van der Waals surface area contributed by atoms with Crippen molar-refractivity contribution < 1.29 is 37.6 Å². The van der Waals surface area contributed by atoms with Crippen LogP contribution in [0.5, 0.6) is 11.5 Å². The number of carbonyl (C=O) groups excluding carboxylic acids is 2. The van der Waals surface area contributed by atoms with E-state index in [1.165, 1.54) is 24.3 Å². The number of hydrogen-bond donors (Lipinski definition) is 1. The Bertz CT molecular complexity index is 1220. The number of nitrogens with two attached hydrogens (primary N) is 1. The van der Waals surface area contributed by atoms with E-state index in [0.717, 1.165) is 12.8 Å². The molecule has 0 fully saturated rings. The number of ether oxygens (including phenoxy) is 2. The summed E-state index contributed by atoms with van der Waals surface area (Å²) >= 11 is 0. The maximum atomic E-state index is 13.6.